The molecule has 1 fully saturated rings. The molecule has 2 N–H and O–H groups in total. The average Bonchev–Trinajstić information content (AvgIpc) is 2.75. The largest absolute Gasteiger partial charge is 0.348 e. The second-order valence-electron chi connectivity index (χ2n) is 7.68. The first kappa shape index (κ1) is 23.8. The maximum atomic E-state index is 13.4. The molecule has 32 heavy (non-hydrogen) atoms. The second-order valence-corrected chi connectivity index (χ2v) is 9.54. The molecule has 0 saturated carbocycles. The van der Waals surface area contributed by atoms with Crippen LogP contribution < -0.4 is 10.6 Å². The predicted molar refractivity (Wildman–Crippen MR) is 115 cm³/mol. The SMILES string of the molecule is Cc1cc(F)ccc1S(=O)(=O)N1CCCC[C@H]1CCNC(=O)C(=O)Nc1ccc(F)cc1. The first-order valence-corrected chi connectivity index (χ1v) is 11.8. The van der Waals surface area contributed by atoms with Gasteiger partial charge < -0.3 is 10.6 Å². The van der Waals surface area contributed by atoms with E-state index >= 15 is 0 Å². The number of amides is 2. The molecule has 0 radical (unpaired) electrons. The van der Waals surface area contributed by atoms with E-state index in [4.69, 9.17) is 0 Å². The summed E-state index contributed by atoms with van der Waals surface area (Å²) >= 11 is 0. The molecule has 2 aromatic rings. The Morgan fingerprint density at radius 1 is 1.03 bits per heavy atom. The maximum absolute atomic E-state index is 13.4. The van der Waals surface area contributed by atoms with Gasteiger partial charge in [0.1, 0.15) is 11.6 Å². The van der Waals surface area contributed by atoms with Crippen LogP contribution in [-0.2, 0) is 19.6 Å². The Bertz CT molecular complexity index is 1090. The number of sulfonamides is 1. The Balaban J connectivity index is 1.60. The lowest BCUT2D eigenvalue weighted by molar-refractivity contribution is -0.136. The molecular formula is C22H25F2N3O4S. The summed E-state index contributed by atoms with van der Waals surface area (Å²) in [5.41, 5.74) is 0.617. The highest BCUT2D eigenvalue weighted by Gasteiger charge is 2.34. The molecule has 7 nitrogen and oxygen atoms in total. The number of piperidine rings is 1. The Morgan fingerprint density at radius 2 is 1.72 bits per heavy atom. The number of benzene rings is 2. The summed E-state index contributed by atoms with van der Waals surface area (Å²) in [6, 6.07) is 8.23. The molecule has 1 atom stereocenters. The van der Waals surface area contributed by atoms with Crippen LogP contribution in [0.4, 0.5) is 14.5 Å². The first-order chi connectivity index (χ1) is 15.2. The van der Waals surface area contributed by atoms with Crippen molar-refractivity contribution in [3.8, 4) is 0 Å². The molecule has 3 rings (SSSR count). The standard InChI is InChI=1S/C22H25F2N3O4S/c1-15-14-17(24)7-10-20(15)32(30,31)27-13-3-2-4-19(27)11-12-25-21(28)22(29)26-18-8-5-16(23)6-9-18/h5-10,14,19H,2-4,11-13H2,1H3,(H,25,28)(H,26,29)/t19-/m0/s1. The summed E-state index contributed by atoms with van der Waals surface area (Å²) in [5.74, 6) is -2.73. The van der Waals surface area contributed by atoms with Gasteiger partial charge in [-0.15, -0.1) is 0 Å². The van der Waals surface area contributed by atoms with E-state index in [-0.39, 0.29) is 23.2 Å². The van der Waals surface area contributed by atoms with Crippen LogP contribution in [0.1, 0.15) is 31.2 Å². The molecule has 0 aromatic heterocycles. The lowest BCUT2D eigenvalue weighted by atomic mass is 10.0. The molecule has 2 aromatic carbocycles. The van der Waals surface area contributed by atoms with Crippen molar-refractivity contribution in [2.75, 3.05) is 18.4 Å². The molecule has 1 aliphatic rings. The van der Waals surface area contributed by atoms with E-state index in [2.05, 4.69) is 10.6 Å². The van der Waals surface area contributed by atoms with Gasteiger partial charge in [-0.2, -0.15) is 4.31 Å². The normalized spacial score (nSPS) is 17.0. The smallest absolute Gasteiger partial charge is 0.313 e. The maximum Gasteiger partial charge on any atom is 0.313 e. The minimum absolute atomic E-state index is 0.0634. The van der Waals surface area contributed by atoms with Gasteiger partial charge >= 0.3 is 11.8 Å². The monoisotopic (exact) mass is 465 g/mol. The fourth-order valence-corrected chi connectivity index (χ4v) is 5.69. The Kier molecular flexibility index (Phi) is 7.57. The third kappa shape index (κ3) is 5.68. The number of carbonyl (C=O) groups is 2. The van der Waals surface area contributed by atoms with Gasteiger partial charge in [0.05, 0.1) is 4.90 Å². The van der Waals surface area contributed by atoms with Gasteiger partial charge in [0, 0.05) is 24.8 Å². The van der Waals surface area contributed by atoms with Crippen molar-refractivity contribution in [1.82, 2.24) is 9.62 Å². The number of rotatable bonds is 6. The number of halogens is 2. The van der Waals surface area contributed by atoms with E-state index in [0.717, 1.165) is 24.6 Å². The number of hydrogen-bond donors (Lipinski definition) is 2. The van der Waals surface area contributed by atoms with Crippen molar-refractivity contribution in [1.29, 1.82) is 0 Å². The van der Waals surface area contributed by atoms with Crippen molar-refractivity contribution < 1.29 is 26.8 Å². The highest BCUT2D eigenvalue weighted by molar-refractivity contribution is 7.89. The Labute approximate surface area is 185 Å². The van der Waals surface area contributed by atoms with Crippen molar-refractivity contribution in [2.45, 2.75) is 43.5 Å². The predicted octanol–water partition coefficient (Wildman–Crippen LogP) is 2.96. The number of nitrogens with one attached hydrogen (secondary N) is 2. The minimum atomic E-state index is -3.83. The van der Waals surface area contributed by atoms with Crippen LogP contribution in [0.3, 0.4) is 0 Å². The molecule has 0 spiro atoms. The molecule has 1 aliphatic heterocycles. The minimum Gasteiger partial charge on any atom is -0.348 e. The van der Waals surface area contributed by atoms with Gasteiger partial charge in [0.25, 0.3) is 0 Å². The highest BCUT2D eigenvalue weighted by Crippen LogP contribution is 2.28. The summed E-state index contributed by atoms with van der Waals surface area (Å²) in [7, 11) is -3.83. The van der Waals surface area contributed by atoms with Gasteiger partial charge in [-0.25, -0.2) is 17.2 Å². The zero-order valence-corrected chi connectivity index (χ0v) is 18.4. The van der Waals surface area contributed by atoms with Crippen LogP contribution >= 0.6 is 0 Å². The van der Waals surface area contributed by atoms with Crippen molar-refractivity contribution in [2.24, 2.45) is 0 Å². The van der Waals surface area contributed by atoms with E-state index < -0.39 is 33.5 Å². The van der Waals surface area contributed by atoms with Crippen LogP contribution in [0.5, 0.6) is 0 Å². The summed E-state index contributed by atoms with van der Waals surface area (Å²) in [5, 5.41) is 4.86. The van der Waals surface area contributed by atoms with Crippen molar-refractivity contribution in [3.05, 3.63) is 59.7 Å². The van der Waals surface area contributed by atoms with Gasteiger partial charge in [-0.1, -0.05) is 6.42 Å². The van der Waals surface area contributed by atoms with Gasteiger partial charge in [0.2, 0.25) is 10.0 Å². The van der Waals surface area contributed by atoms with Crippen molar-refractivity contribution in [3.63, 3.8) is 0 Å². The molecular weight excluding hydrogens is 440 g/mol. The Hall–Kier alpha value is -2.85. The number of carbonyl (C=O) groups excluding carboxylic acids is 2. The molecule has 0 aliphatic carbocycles. The molecule has 1 saturated heterocycles. The Morgan fingerprint density at radius 3 is 2.41 bits per heavy atom. The first-order valence-electron chi connectivity index (χ1n) is 10.3. The van der Waals surface area contributed by atoms with Gasteiger partial charge in [-0.05, 0) is 74.2 Å². The zero-order valence-electron chi connectivity index (χ0n) is 17.6. The third-order valence-corrected chi connectivity index (χ3v) is 7.48. The summed E-state index contributed by atoms with van der Waals surface area (Å²) in [4.78, 5) is 24.1. The fourth-order valence-electron chi connectivity index (χ4n) is 3.76. The lowest BCUT2D eigenvalue weighted by Crippen LogP contribution is -2.46. The van der Waals surface area contributed by atoms with Crippen molar-refractivity contribution >= 4 is 27.5 Å². The van der Waals surface area contributed by atoms with Crippen LogP contribution in [0.2, 0.25) is 0 Å². The van der Waals surface area contributed by atoms with Crippen LogP contribution in [0.15, 0.2) is 47.4 Å². The molecule has 2 amide bonds. The van der Waals surface area contributed by atoms with E-state index in [1.807, 2.05) is 0 Å². The fraction of sp³-hybridized carbons (Fsp3) is 0.364. The number of nitrogens with zero attached hydrogens (tertiary/aromatic N) is 1. The number of aryl methyl sites for hydroxylation is 1. The molecule has 172 valence electrons. The second kappa shape index (κ2) is 10.2. The molecule has 10 heteroatoms. The van der Waals surface area contributed by atoms with Crippen LogP contribution in [0, 0.1) is 18.6 Å². The summed E-state index contributed by atoms with van der Waals surface area (Å²) in [6.07, 6.45) is 2.51. The molecule has 1 heterocycles. The molecule has 0 bridgehead atoms. The number of hydrogen-bond acceptors (Lipinski definition) is 4. The van der Waals surface area contributed by atoms with E-state index in [1.165, 1.54) is 28.6 Å². The van der Waals surface area contributed by atoms with Gasteiger partial charge in [0.15, 0.2) is 0 Å². The van der Waals surface area contributed by atoms with Crippen LogP contribution in [-0.4, -0.2) is 43.7 Å². The average molecular weight is 466 g/mol. The summed E-state index contributed by atoms with van der Waals surface area (Å²) < 4.78 is 54.1. The third-order valence-electron chi connectivity index (χ3n) is 5.37. The quantitative estimate of drug-likeness (QED) is 0.642. The van der Waals surface area contributed by atoms with Crippen LogP contribution in [0.25, 0.3) is 0 Å². The van der Waals surface area contributed by atoms with E-state index in [9.17, 15) is 26.8 Å². The van der Waals surface area contributed by atoms with Gasteiger partial charge in [-0.3, -0.25) is 9.59 Å². The molecule has 0 unspecified atom stereocenters. The summed E-state index contributed by atoms with van der Waals surface area (Å²) in [6.45, 7) is 1.99. The van der Waals surface area contributed by atoms with E-state index in [1.54, 1.807) is 6.92 Å². The van der Waals surface area contributed by atoms with E-state index in [0.29, 0.717) is 31.4 Å². The zero-order chi connectivity index (χ0) is 23.3. The highest BCUT2D eigenvalue weighted by atomic mass is 32.2. The topological polar surface area (TPSA) is 95.6 Å². The number of anilines is 1. The lowest BCUT2D eigenvalue weighted by Gasteiger charge is -2.35.